The van der Waals surface area contributed by atoms with E-state index in [0.29, 0.717) is 38.0 Å². The Labute approximate surface area is 200 Å². The molecule has 0 amide bonds. The number of aliphatic hydroxyl groups excluding tert-OH is 2. The summed E-state index contributed by atoms with van der Waals surface area (Å²) in [6.07, 6.45) is 6.16. The van der Waals surface area contributed by atoms with Gasteiger partial charge in [0.1, 0.15) is 5.75 Å². The number of carboxylic acid groups (broad SMARTS) is 1. The Hall–Kier alpha value is -2.34. The molecule has 1 unspecified atom stereocenters. The maximum Gasteiger partial charge on any atom is 0.303 e. The van der Waals surface area contributed by atoms with E-state index in [1.165, 1.54) is 0 Å². The molecule has 0 heterocycles. The van der Waals surface area contributed by atoms with Crippen molar-refractivity contribution >= 4 is 17.6 Å². The summed E-state index contributed by atoms with van der Waals surface area (Å²) in [6.45, 7) is 0.347. The van der Waals surface area contributed by atoms with Crippen LogP contribution >= 0.6 is 11.6 Å². The van der Waals surface area contributed by atoms with Crippen molar-refractivity contribution in [2.24, 2.45) is 11.8 Å². The fourth-order valence-electron chi connectivity index (χ4n) is 4.39. The first-order chi connectivity index (χ1) is 15.9. The molecule has 2 aromatic rings. The number of halogens is 1. The molecule has 5 atom stereocenters. The Morgan fingerprint density at radius 1 is 1.12 bits per heavy atom. The quantitative estimate of drug-likeness (QED) is 0.226. The average Bonchev–Trinajstić information content (AvgIpc) is 3.07. The molecule has 0 bridgehead atoms. The van der Waals surface area contributed by atoms with Gasteiger partial charge in [-0.25, -0.2) is 0 Å². The number of aliphatic hydroxyl groups is 2. The zero-order valence-corrected chi connectivity index (χ0v) is 19.5. The number of ether oxygens (including phenoxy) is 1. The molecule has 0 spiro atoms. The molecule has 1 aliphatic rings. The highest BCUT2D eigenvalue weighted by Crippen LogP contribution is 2.39. The van der Waals surface area contributed by atoms with Crippen LogP contribution in [0.5, 0.6) is 5.75 Å². The second-order valence-corrected chi connectivity index (χ2v) is 9.29. The summed E-state index contributed by atoms with van der Waals surface area (Å²) in [4.78, 5) is 10.6. The molecule has 3 N–H and O–H groups in total. The molecule has 178 valence electrons. The van der Waals surface area contributed by atoms with Gasteiger partial charge in [0, 0.05) is 24.1 Å². The third-order valence-electron chi connectivity index (χ3n) is 6.27. The lowest BCUT2D eigenvalue weighted by Gasteiger charge is -2.23. The van der Waals surface area contributed by atoms with Gasteiger partial charge in [0.05, 0.1) is 18.8 Å². The molecule has 0 aromatic heterocycles. The minimum absolute atomic E-state index is 0.0873. The third kappa shape index (κ3) is 7.88. The van der Waals surface area contributed by atoms with Crippen LogP contribution < -0.4 is 4.74 Å². The van der Waals surface area contributed by atoms with E-state index in [4.69, 9.17) is 21.4 Å². The molecular weight excluding hydrogens is 440 g/mol. The number of alkyl halides is 1. The summed E-state index contributed by atoms with van der Waals surface area (Å²) >= 11 is 6.51. The molecule has 0 radical (unpaired) electrons. The second-order valence-electron chi connectivity index (χ2n) is 8.73. The Bertz CT molecular complexity index is 900. The summed E-state index contributed by atoms with van der Waals surface area (Å²) in [5, 5.41) is 29.7. The van der Waals surface area contributed by atoms with E-state index < -0.39 is 18.2 Å². The van der Waals surface area contributed by atoms with Crippen LogP contribution in [0.15, 0.2) is 66.7 Å². The van der Waals surface area contributed by atoms with Crippen LogP contribution in [0.2, 0.25) is 0 Å². The maximum atomic E-state index is 10.6. The van der Waals surface area contributed by atoms with Crippen LogP contribution in [0, 0.1) is 11.8 Å². The summed E-state index contributed by atoms with van der Waals surface area (Å²) < 4.78 is 6.03. The Balaban J connectivity index is 1.54. The van der Waals surface area contributed by atoms with E-state index >= 15 is 0 Å². The standard InChI is InChI=1S/C27H33ClO5/c28-24-17-26(30)23(22(24)13-6-1-2-7-14-27(31)32)18-33-21-12-8-11-20(16-21)25(29)15-19-9-4-3-5-10-19/h1,3-6,8-12,16,22-26,29-30H,2,7,13-15,17-18H2,(H,31,32)/b6-1-/t22-,23+,24-,25?,26-/m1/s1. The SMILES string of the molecule is O=C(O)CCC/C=C\C[C@@H]1[C@H](COc2cccc(C(O)Cc3ccccc3)c2)[C@H](O)C[C@H]1Cl. The third-order valence-corrected chi connectivity index (χ3v) is 6.77. The number of aliphatic carboxylic acids is 1. The molecule has 2 aromatic carbocycles. The van der Waals surface area contributed by atoms with Gasteiger partial charge in [-0.1, -0.05) is 54.6 Å². The zero-order valence-electron chi connectivity index (χ0n) is 18.7. The number of allylic oxidation sites excluding steroid dienone is 2. The van der Waals surface area contributed by atoms with Gasteiger partial charge in [0.25, 0.3) is 0 Å². The van der Waals surface area contributed by atoms with E-state index in [1.807, 2.05) is 66.7 Å². The van der Waals surface area contributed by atoms with Crippen molar-refractivity contribution in [3.05, 3.63) is 77.9 Å². The van der Waals surface area contributed by atoms with Crippen LogP contribution in [0.25, 0.3) is 0 Å². The first-order valence-electron chi connectivity index (χ1n) is 11.6. The molecule has 5 nitrogen and oxygen atoms in total. The van der Waals surface area contributed by atoms with Gasteiger partial charge in [-0.3, -0.25) is 4.79 Å². The van der Waals surface area contributed by atoms with Crippen LogP contribution in [0.1, 0.15) is 49.3 Å². The van der Waals surface area contributed by atoms with E-state index in [2.05, 4.69) is 0 Å². The summed E-state index contributed by atoms with van der Waals surface area (Å²) in [6, 6.07) is 17.3. The minimum Gasteiger partial charge on any atom is -0.493 e. The van der Waals surface area contributed by atoms with Gasteiger partial charge >= 0.3 is 5.97 Å². The normalized spacial score (nSPS) is 23.6. The lowest BCUT2D eigenvalue weighted by Crippen LogP contribution is -2.27. The molecule has 0 saturated heterocycles. The number of carbonyl (C=O) groups is 1. The van der Waals surface area contributed by atoms with Gasteiger partial charge in [-0.05, 0) is 54.9 Å². The minimum atomic E-state index is -0.781. The van der Waals surface area contributed by atoms with Crippen molar-refractivity contribution in [1.29, 1.82) is 0 Å². The number of benzene rings is 2. The zero-order chi connectivity index (χ0) is 23.6. The van der Waals surface area contributed by atoms with Crippen LogP contribution in [0.3, 0.4) is 0 Å². The van der Waals surface area contributed by atoms with Crippen molar-refractivity contribution in [2.45, 2.75) is 56.1 Å². The monoisotopic (exact) mass is 472 g/mol. The second kappa shape index (κ2) is 12.8. The van der Waals surface area contributed by atoms with Crippen LogP contribution in [-0.2, 0) is 11.2 Å². The first-order valence-corrected chi connectivity index (χ1v) is 12.0. The first kappa shape index (κ1) is 25.3. The molecule has 3 rings (SSSR count). The van der Waals surface area contributed by atoms with Gasteiger partial charge in [-0.15, -0.1) is 11.6 Å². The summed E-state index contributed by atoms with van der Waals surface area (Å²) in [7, 11) is 0. The van der Waals surface area contributed by atoms with Crippen molar-refractivity contribution < 1.29 is 24.9 Å². The van der Waals surface area contributed by atoms with E-state index in [9.17, 15) is 15.0 Å². The highest BCUT2D eigenvalue weighted by Gasteiger charge is 2.41. The van der Waals surface area contributed by atoms with Gasteiger partial charge in [0.2, 0.25) is 0 Å². The van der Waals surface area contributed by atoms with Crippen molar-refractivity contribution in [2.75, 3.05) is 6.61 Å². The fourth-order valence-corrected chi connectivity index (χ4v) is 4.86. The number of rotatable bonds is 12. The van der Waals surface area contributed by atoms with Gasteiger partial charge in [0.15, 0.2) is 0 Å². The van der Waals surface area contributed by atoms with E-state index in [0.717, 1.165) is 17.5 Å². The van der Waals surface area contributed by atoms with Crippen molar-refractivity contribution in [3.63, 3.8) is 0 Å². The number of carboxylic acids is 1. The lowest BCUT2D eigenvalue weighted by atomic mass is 9.92. The molecule has 1 saturated carbocycles. The molecule has 33 heavy (non-hydrogen) atoms. The van der Waals surface area contributed by atoms with Gasteiger partial charge < -0.3 is 20.1 Å². The van der Waals surface area contributed by atoms with Crippen molar-refractivity contribution in [1.82, 2.24) is 0 Å². The molecule has 1 fully saturated rings. The van der Waals surface area contributed by atoms with Crippen molar-refractivity contribution in [3.8, 4) is 5.75 Å². The number of unbranched alkanes of at least 4 members (excludes halogenated alkanes) is 1. The Morgan fingerprint density at radius 3 is 2.67 bits per heavy atom. The highest BCUT2D eigenvalue weighted by molar-refractivity contribution is 6.21. The molecular formula is C27H33ClO5. The predicted molar refractivity (Wildman–Crippen MR) is 130 cm³/mol. The van der Waals surface area contributed by atoms with Gasteiger partial charge in [-0.2, -0.15) is 0 Å². The maximum absolute atomic E-state index is 10.6. The van der Waals surface area contributed by atoms with E-state index in [-0.39, 0.29) is 23.6 Å². The van der Waals surface area contributed by atoms with E-state index in [1.54, 1.807) is 0 Å². The Morgan fingerprint density at radius 2 is 1.91 bits per heavy atom. The summed E-state index contributed by atoms with van der Waals surface area (Å²) in [5.41, 5.74) is 1.86. The molecule has 6 heteroatoms. The van der Waals surface area contributed by atoms with Crippen LogP contribution in [0.4, 0.5) is 0 Å². The Kier molecular flexibility index (Phi) is 9.79. The fraction of sp³-hybridized carbons (Fsp3) is 0.444. The topological polar surface area (TPSA) is 87.0 Å². The largest absolute Gasteiger partial charge is 0.493 e. The van der Waals surface area contributed by atoms with Crippen LogP contribution in [-0.4, -0.2) is 39.4 Å². The molecule has 1 aliphatic carbocycles. The average molecular weight is 473 g/mol. The lowest BCUT2D eigenvalue weighted by molar-refractivity contribution is -0.137. The predicted octanol–water partition coefficient (Wildman–Crippen LogP) is 5.15. The number of hydrogen-bond acceptors (Lipinski definition) is 4. The smallest absolute Gasteiger partial charge is 0.303 e. The summed E-state index contributed by atoms with van der Waals surface area (Å²) in [5.74, 6) is -0.122. The highest BCUT2D eigenvalue weighted by atomic mass is 35.5. The molecule has 0 aliphatic heterocycles. The number of hydrogen-bond donors (Lipinski definition) is 3.